The largest absolute Gasteiger partial charge is 0.462 e. The quantitative estimate of drug-likeness (QED) is 0.617. The Hall–Kier alpha value is -2.82. The summed E-state index contributed by atoms with van der Waals surface area (Å²) in [6.07, 6.45) is 5.33. The van der Waals surface area contributed by atoms with Crippen LogP contribution >= 0.6 is 0 Å². The van der Waals surface area contributed by atoms with Gasteiger partial charge in [-0.15, -0.1) is 0 Å². The second kappa shape index (κ2) is 8.74. The maximum atomic E-state index is 13.3. The molecule has 1 saturated carbocycles. The van der Waals surface area contributed by atoms with Crippen molar-refractivity contribution in [3.05, 3.63) is 52.2 Å². The predicted octanol–water partition coefficient (Wildman–Crippen LogP) is 5.44. The van der Waals surface area contributed by atoms with Crippen LogP contribution < -0.4 is 0 Å². The molecule has 1 heterocycles. The number of rotatable bonds is 4. The van der Waals surface area contributed by atoms with Crippen LogP contribution in [0.5, 0.6) is 0 Å². The van der Waals surface area contributed by atoms with Crippen molar-refractivity contribution in [3.8, 4) is 0 Å². The van der Waals surface area contributed by atoms with Gasteiger partial charge >= 0.3 is 11.9 Å². The van der Waals surface area contributed by atoms with E-state index in [-0.39, 0.29) is 19.1 Å². The number of carbonyl (C=O) groups excluding carboxylic acids is 2. The van der Waals surface area contributed by atoms with Gasteiger partial charge in [0.15, 0.2) is 0 Å². The molecule has 164 valence electrons. The summed E-state index contributed by atoms with van der Waals surface area (Å²) in [5, 5.41) is 0.962. The third kappa shape index (κ3) is 3.50. The van der Waals surface area contributed by atoms with Crippen LogP contribution in [0, 0.1) is 0 Å². The van der Waals surface area contributed by atoms with E-state index in [2.05, 4.69) is 17.6 Å². The van der Waals surface area contributed by atoms with Crippen molar-refractivity contribution in [2.75, 3.05) is 13.2 Å². The van der Waals surface area contributed by atoms with Crippen LogP contribution in [-0.2, 0) is 26.1 Å². The summed E-state index contributed by atoms with van der Waals surface area (Å²) in [7, 11) is 2.04. The van der Waals surface area contributed by atoms with Gasteiger partial charge in [0.25, 0.3) is 0 Å². The minimum Gasteiger partial charge on any atom is -0.462 e. The zero-order valence-electron chi connectivity index (χ0n) is 18.9. The van der Waals surface area contributed by atoms with Gasteiger partial charge in [0.05, 0.1) is 24.4 Å². The third-order valence-electron chi connectivity index (χ3n) is 6.56. The van der Waals surface area contributed by atoms with Gasteiger partial charge in [-0.1, -0.05) is 37.1 Å². The smallest absolute Gasteiger partial charge is 0.339 e. The van der Waals surface area contributed by atoms with E-state index in [1.807, 2.05) is 25.2 Å². The first-order valence-electron chi connectivity index (χ1n) is 11.4. The first-order valence-corrected chi connectivity index (χ1v) is 11.4. The van der Waals surface area contributed by atoms with E-state index in [9.17, 15) is 9.59 Å². The molecule has 5 nitrogen and oxygen atoms in total. The molecule has 5 heteroatoms. The van der Waals surface area contributed by atoms with E-state index in [1.165, 1.54) is 12.0 Å². The van der Waals surface area contributed by atoms with E-state index in [0.29, 0.717) is 11.1 Å². The van der Waals surface area contributed by atoms with E-state index in [4.69, 9.17) is 9.47 Å². The van der Waals surface area contributed by atoms with Crippen molar-refractivity contribution in [1.82, 2.24) is 4.57 Å². The molecule has 1 atom stereocenters. The Morgan fingerprint density at radius 3 is 2.23 bits per heavy atom. The van der Waals surface area contributed by atoms with Gasteiger partial charge in [-0.05, 0) is 51.2 Å². The number of aryl methyl sites for hydroxylation is 1. The SMILES string of the molecule is CCOC(=O)C1=C(C(=O)OCC)c2c(n(C)c3ccccc23)C(C)C1=C1CCCCC1. The van der Waals surface area contributed by atoms with Gasteiger partial charge in [0, 0.05) is 35.1 Å². The molecule has 31 heavy (non-hydrogen) atoms. The van der Waals surface area contributed by atoms with Crippen LogP contribution in [0.15, 0.2) is 41.0 Å². The highest BCUT2D eigenvalue weighted by Crippen LogP contribution is 2.49. The van der Waals surface area contributed by atoms with Crippen LogP contribution in [0.2, 0.25) is 0 Å². The summed E-state index contributed by atoms with van der Waals surface area (Å²) in [5.74, 6) is -0.897. The van der Waals surface area contributed by atoms with Crippen molar-refractivity contribution in [2.24, 2.45) is 7.05 Å². The molecule has 0 aliphatic heterocycles. The van der Waals surface area contributed by atoms with Gasteiger partial charge in [-0.25, -0.2) is 9.59 Å². The maximum Gasteiger partial charge on any atom is 0.339 e. The van der Waals surface area contributed by atoms with Gasteiger partial charge in [0.2, 0.25) is 0 Å². The number of hydrogen-bond acceptors (Lipinski definition) is 4. The topological polar surface area (TPSA) is 57.5 Å². The lowest BCUT2D eigenvalue weighted by molar-refractivity contribution is -0.140. The highest BCUT2D eigenvalue weighted by Gasteiger charge is 2.41. The minimum absolute atomic E-state index is 0.0157. The van der Waals surface area contributed by atoms with Crippen LogP contribution in [0.25, 0.3) is 16.5 Å². The van der Waals surface area contributed by atoms with Crippen LogP contribution in [0.3, 0.4) is 0 Å². The van der Waals surface area contributed by atoms with Crippen LogP contribution in [0.1, 0.15) is 70.1 Å². The molecule has 2 aromatic rings. The fourth-order valence-electron chi connectivity index (χ4n) is 5.35. The van der Waals surface area contributed by atoms with Crippen molar-refractivity contribution < 1.29 is 19.1 Å². The summed E-state index contributed by atoms with van der Waals surface area (Å²) in [5.41, 5.74) is 5.93. The molecule has 0 bridgehead atoms. The fourth-order valence-corrected chi connectivity index (χ4v) is 5.35. The van der Waals surface area contributed by atoms with Gasteiger partial charge in [0.1, 0.15) is 0 Å². The zero-order valence-corrected chi connectivity index (χ0v) is 18.9. The summed E-state index contributed by atoms with van der Waals surface area (Å²) in [6, 6.07) is 8.04. The monoisotopic (exact) mass is 421 g/mol. The normalized spacial score (nSPS) is 18.9. The molecular formula is C26H31NO4. The lowest BCUT2D eigenvalue weighted by Crippen LogP contribution is -2.26. The molecule has 0 radical (unpaired) electrons. The van der Waals surface area contributed by atoms with Crippen LogP contribution in [0.4, 0.5) is 0 Å². The first kappa shape index (κ1) is 21.4. The number of esters is 2. The molecule has 1 aromatic heterocycles. The van der Waals surface area contributed by atoms with E-state index < -0.39 is 11.9 Å². The van der Waals surface area contributed by atoms with Crippen molar-refractivity contribution in [1.29, 1.82) is 0 Å². The molecule has 1 aromatic carbocycles. The first-order chi connectivity index (χ1) is 15.0. The zero-order chi connectivity index (χ0) is 22.1. The Balaban J connectivity index is 2.13. The third-order valence-corrected chi connectivity index (χ3v) is 6.56. The summed E-state index contributed by atoms with van der Waals surface area (Å²) >= 11 is 0. The Morgan fingerprint density at radius 1 is 0.968 bits per heavy atom. The van der Waals surface area contributed by atoms with Crippen molar-refractivity contribution >= 4 is 28.4 Å². The summed E-state index contributed by atoms with van der Waals surface area (Å²) < 4.78 is 13.2. The van der Waals surface area contributed by atoms with E-state index in [0.717, 1.165) is 53.4 Å². The lowest BCUT2D eigenvalue weighted by Gasteiger charge is -2.31. The Bertz CT molecular complexity index is 1090. The van der Waals surface area contributed by atoms with Crippen LogP contribution in [-0.4, -0.2) is 29.7 Å². The number of fused-ring (bicyclic) bond motifs is 3. The van der Waals surface area contributed by atoms with Crippen molar-refractivity contribution in [3.63, 3.8) is 0 Å². The number of ether oxygens (including phenoxy) is 2. The highest BCUT2D eigenvalue weighted by molar-refractivity contribution is 6.28. The number of benzene rings is 1. The summed E-state index contributed by atoms with van der Waals surface area (Å²) in [6.45, 7) is 6.25. The number of allylic oxidation sites excluding steroid dienone is 1. The standard InChI is InChI=1S/C26H31NO4/c1-5-30-25(28)22-20(17-12-8-7-9-13-17)16(3)24-21(23(22)26(29)31-6-2)18-14-10-11-15-19(18)27(24)4/h10-11,14-16H,5-9,12-13H2,1-4H3. The molecule has 1 unspecified atom stereocenters. The number of carbonyl (C=O) groups is 2. The molecule has 0 saturated heterocycles. The highest BCUT2D eigenvalue weighted by atomic mass is 16.5. The average Bonchev–Trinajstić information content (AvgIpc) is 3.07. The predicted molar refractivity (Wildman–Crippen MR) is 122 cm³/mol. The average molecular weight is 422 g/mol. The second-order valence-electron chi connectivity index (χ2n) is 8.33. The molecule has 2 aliphatic rings. The van der Waals surface area contributed by atoms with Crippen molar-refractivity contribution in [2.45, 2.75) is 58.8 Å². The molecule has 4 rings (SSSR count). The number of aromatic nitrogens is 1. The van der Waals surface area contributed by atoms with E-state index in [1.54, 1.807) is 13.8 Å². The Labute approximate surface area is 183 Å². The molecule has 1 fully saturated rings. The lowest BCUT2D eigenvalue weighted by atomic mass is 9.74. The Kier molecular flexibility index (Phi) is 6.03. The minimum atomic E-state index is -0.455. The fraction of sp³-hybridized carbons (Fsp3) is 0.462. The molecule has 0 spiro atoms. The van der Waals surface area contributed by atoms with Gasteiger partial charge < -0.3 is 14.0 Å². The molecule has 0 amide bonds. The number of para-hydroxylation sites is 1. The van der Waals surface area contributed by atoms with E-state index >= 15 is 0 Å². The second-order valence-corrected chi connectivity index (χ2v) is 8.33. The molecule has 0 N–H and O–H groups in total. The van der Waals surface area contributed by atoms with Gasteiger partial charge in [-0.2, -0.15) is 0 Å². The molecular weight excluding hydrogens is 390 g/mol. The molecule has 2 aliphatic carbocycles. The van der Waals surface area contributed by atoms with Gasteiger partial charge in [-0.3, -0.25) is 0 Å². The maximum absolute atomic E-state index is 13.3. The summed E-state index contributed by atoms with van der Waals surface area (Å²) in [4.78, 5) is 26.7. The number of nitrogens with zero attached hydrogens (tertiary/aromatic N) is 1. The number of hydrogen-bond donors (Lipinski definition) is 0. The Morgan fingerprint density at radius 2 is 1.58 bits per heavy atom.